The lowest BCUT2D eigenvalue weighted by atomic mass is 10.1. The smallest absolute Gasteiger partial charge is 0.383 e. The maximum atomic E-state index is 12.7. The van der Waals surface area contributed by atoms with E-state index in [0.717, 1.165) is 12.4 Å². The molecule has 10 heteroatoms. The number of nitrogens with zero attached hydrogens (tertiary/aromatic N) is 2. The van der Waals surface area contributed by atoms with E-state index in [2.05, 4.69) is 15.0 Å². The molecule has 0 atom stereocenters. The number of imidazole rings is 1. The first-order chi connectivity index (χ1) is 9.56. The van der Waals surface area contributed by atoms with Gasteiger partial charge in [0.25, 0.3) is 0 Å². The van der Waals surface area contributed by atoms with Crippen molar-refractivity contribution in [2.24, 2.45) is 0 Å². The number of nitrogens with one attached hydrogen (secondary N) is 1. The van der Waals surface area contributed by atoms with Crippen LogP contribution in [0.2, 0.25) is 0 Å². The van der Waals surface area contributed by atoms with E-state index in [1.807, 2.05) is 0 Å². The van der Waals surface area contributed by atoms with Crippen LogP contribution in [0.3, 0.4) is 0 Å². The summed E-state index contributed by atoms with van der Waals surface area (Å²) in [7, 11) is 0. The predicted molar refractivity (Wildman–Crippen MR) is 61.0 cm³/mol. The lowest BCUT2D eigenvalue weighted by Gasteiger charge is -2.10. The Balaban J connectivity index is 2.35. The number of aromatic amines is 1. The molecule has 0 amide bonds. The summed E-state index contributed by atoms with van der Waals surface area (Å²) in [6.07, 6.45) is -8.45. The van der Waals surface area contributed by atoms with Crippen molar-refractivity contribution in [3.8, 4) is 11.3 Å². The number of hydrogen-bond donors (Lipinski definition) is 2. The van der Waals surface area contributed by atoms with Crippen LogP contribution < -0.4 is 5.73 Å². The Morgan fingerprint density at radius 2 is 1.71 bits per heavy atom. The molecule has 0 bridgehead atoms. The average molecular weight is 310 g/mol. The van der Waals surface area contributed by atoms with Gasteiger partial charge in [0.1, 0.15) is 18.1 Å². The van der Waals surface area contributed by atoms with Crippen LogP contribution in [0.4, 0.5) is 32.2 Å². The van der Waals surface area contributed by atoms with Crippen LogP contribution in [-0.2, 0) is 12.6 Å². The third-order valence-corrected chi connectivity index (χ3v) is 2.53. The number of rotatable bonds is 2. The van der Waals surface area contributed by atoms with Gasteiger partial charge < -0.3 is 10.7 Å². The molecular weight excluding hydrogens is 302 g/mol. The van der Waals surface area contributed by atoms with Gasteiger partial charge in [0, 0.05) is 11.8 Å². The molecule has 0 radical (unpaired) electrons. The average Bonchev–Trinajstić information content (AvgIpc) is 2.74. The molecule has 0 aromatic carbocycles. The maximum absolute atomic E-state index is 12.7. The van der Waals surface area contributed by atoms with E-state index in [9.17, 15) is 26.3 Å². The first kappa shape index (κ1) is 15.1. The van der Waals surface area contributed by atoms with Crippen molar-refractivity contribution in [1.82, 2.24) is 15.0 Å². The van der Waals surface area contributed by atoms with E-state index < -0.39 is 36.0 Å². The van der Waals surface area contributed by atoms with Crippen LogP contribution in [-0.4, -0.2) is 21.1 Å². The van der Waals surface area contributed by atoms with E-state index >= 15 is 0 Å². The number of alkyl halides is 6. The van der Waals surface area contributed by atoms with E-state index in [0.29, 0.717) is 6.07 Å². The fourth-order valence-corrected chi connectivity index (χ4v) is 1.64. The van der Waals surface area contributed by atoms with Gasteiger partial charge in [-0.15, -0.1) is 0 Å². The minimum atomic E-state index is -4.71. The molecule has 3 N–H and O–H groups in total. The van der Waals surface area contributed by atoms with Gasteiger partial charge in [-0.3, -0.25) is 0 Å². The van der Waals surface area contributed by atoms with E-state index in [1.165, 1.54) is 0 Å². The summed E-state index contributed by atoms with van der Waals surface area (Å²) in [5, 5.41) is 0. The molecule has 2 rings (SSSR count). The molecule has 0 aliphatic carbocycles. The molecule has 0 fully saturated rings. The Morgan fingerprint density at radius 3 is 2.29 bits per heavy atom. The molecule has 0 aliphatic rings. The van der Waals surface area contributed by atoms with Gasteiger partial charge in [-0.05, 0) is 6.07 Å². The van der Waals surface area contributed by atoms with Crippen LogP contribution >= 0.6 is 0 Å². The predicted octanol–water partition coefficient (Wildman–Crippen LogP) is 3.18. The van der Waals surface area contributed by atoms with Crippen molar-refractivity contribution < 1.29 is 26.3 Å². The number of halogens is 6. The molecule has 114 valence electrons. The number of nitrogens with two attached hydrogens (primary N) is 1. The third-order valence-electron chi connectivity index (χ3n) is 2.53. The summed E-state index contributed by atoms with van der Waals surface area (Å²) in [6, 6.07) is 0.702. The van der Waals surface area contributed by atoms with Gasteiger partial charge in [-0.2, -0.15) is 26.3 Å². The molecule has 0 spiro atoms. The zero-order chi connectivity index (χ0) is 15.8. The Kier molecular flexibility index (Phi) is 3.56. The highest BCUT2D eigenvalue weighted by atomic mass is 19.4. The van der Waals surface area contributed by atoms with E-state index in [1.54, 1.807) is 0 Å². The van der Waals surface area contributed by atoms with Crippen LogP contribution in [0.1, 0.15) is 11.4 Å². The van der Waals surface area contributed by atoms with Crippen LogP contribution in [0.15, 0.2) is 18.5 Å². The zero-order valence-electron chi connectivity index (χ0n) is 10.2. The van der Waals surface area contributed by atoms with Crippen molar-refractivity contribution >= 4 is 5.82 Å². The SMILES string of the molecule is Nc1ncc(-c2cnc(CC(F)(F)F)[nH]2)cc1C(F)(F)F. The minimum absolute atomic E-state index is 0.00718. The number of anilines is 1. The van der Waals surface area contributed by atoms with Gasteiger partial charge >= 0.3 is 12.4 Å². The molecule has 21 heavy (non-hydrogen) atoms. The summed E-state index contributed by atoms with van der Waals surface area (Å²) >= 11 is 0. The second-order valence-corrected chi connectivity index (χ2v) is 4.19. The summed E-state index contributed by atoms with van der Waals surface area (Å²) in [6.45, 7) is 0. The molecule has 2 aromatic heterocycles. The molecular formula is C11H8F6N4. The largest absolute Gasteiger partial charge is 0.419 e. The van der Waals surface area contributed by atoms with Gasteiger partial charge in [0.2, 0.25) is 0 Å². The fraction of sp³-hybridized carbons (Fsp3) is 0.273. The quantitative estimate of drug-likeness (QED) is 0.837. The van der Waals surface area contributed by atoms with Gasteiger partial charge in [-0.1, -0.05) is 0 Å². The van der Waals surface area contributed by atoms with Crippen molar-refractivity contribution in [2.45, 2.75) is 18.8 Å². The highest BCUT2D eigenvalue weighted by molar-refractivity contribution is 5.61. The molecule has 2 aromatic rings. The standard InChI is InChI=1S/C11H8F6N4/c12-10(13,14)2-8-19-4-7(21-8)5-1-6(11(15,16)17)9(18)20-3-5/h1,3-4H,2H2,(H2,18,20)(H,19,21). The van der Waals surface area contributed by atoms with Gasteiger partial charge in [0.05, 0.1) is 17.5 Å². The van der Waals surface area contributed by atoms with Gasteiger partial charge in [-0.25, -0.2) is 9.97 Å². The lowest BCUT2D eigenvalue weighted by Crippen LogP contribution is -2.12. The van der Waals surface area contributed by atoms with Crippen LogP contribution in [0.25, 0.3) is 11.3 Å². The number of hydrogen-bond acceptors (Lipinski definition) is 3. The molecule has 0 aliphatic heterocycles. The lowest BCUT2D eigenvalue weighted by molar-refractivity contribution is -0.137. The number of nitrogen functional groups attached to an aromatic ring is 1. The molecule has 0 unspecified atom stereocenters. The normalized spacial score (nSPS) is 12.7. The number of aromatic nitrogens is 3. The third kappa shape index (κ3) is 3.64. The Labute approximate surface area is 114 Å². The Morgan fingerprint density at radius 1 is 1.05 bits per heavy atom. The number of H-pyrrole nitrogens is 1. The topological polar surface area (TPSA) is 67.6 Å². The first-order valence-electron chi connectivity index (χ1n) is 5.50. The van der Waals surface area contributed by atoms with Crippen LogP contribution in [0, 0.1) is 0 Å². The summed E-state index contributed by atoms with van der Waals surface area (Å²) < 4.78 is 74.6. The molecule has 4 nitrogen and oxygen atoms in total. The number of pyridine rings is 1. The highest BCUT2D eigenvalue weighted by Crippen LogP contribution is 2.34. The second-order valence-electron chi connectivity index (χ2n) is 4.19. The molecule has 2 heterocycles. The zero-order valence-corrected chi connectivity index (χ0v) is 10.2. The van der Waals surface area contributed by atoms with Crippen molar-refractivity contribution in [3.05, 3.63) is 29.8 Å². The monoisotopic (exact) mass is 310 g/mol. The van der Waals surface area contributed by atoms with Crippen molar-refractivity contribution in [1.29, 1.82) is 0 Å². The Hall–Kier alpha value is -2.26. The molecule has 0 saturated heterocycles. The minimum Gasteiger partial charge on any atom is -0.383 e. The summed E-state index contributed by atoms with van der Waals surface area (Å²) in [5.41, 5.74) is 3.91. The summed E-state index contributed by atoms with van der Waals surface area (Å²) in [5.74, 6) is -1.11. The van der Waals surface area contributed by atoms with Crippen molar-refractivity contribution in [3.63, 3.8) is 0 Å². The molecule has 0 saturated carbocycles. The van der Waals surface area contributed by atoms with Crippen LogP contribution in [0.5, 0.6) is 0 Å². The highest BCUT2D eigenvalue weighted by Gasteiger charge is 2.34. The summed E-state index contributed by atoms with van der Waals surface area (Å²) in [4.78, 5) is 9.17. The van der Waals surface area contributed by atoms with Crippen molar-refractivity contribution in [2.75, 3.05) is 5.73 Å². The van der Waals surface area contributed by atoms with E-state index in [-0.39, 0.29) is 11.3 Å². The first-order valence-corrected chi connectivity index (χ1v) is 5.50. The van der Waals surface area contributed by atoms with E-state index in [4.69, 9.17) is 5.73 Å². The van der Waals surface area contributed by atoms with Gasteiger partial charge in [0.15, 0.2) is 0 Å². The Bertz CT molecular complexity index is 643. The second kappa shape index (κ2) is 4.93. The maximum Gasteiger partial charge on any atom is 0.419 e. The fourth-order valence-electron chi connectivity index (χ4n) is 1.64.